The minimum absolute atomic E-state index is 0.169. The van der Waals surface area contributed by atoms with Crippen LogP contribution in [0.3, 0.4) is 0 Å². The SMILES string of the molecule is C=C(Nc1cc2[nH]c(-c3ccnc(O[C@@H](S)C(F)(F)F)c3)cc2cn1)C1=CC(C)C=C1. The normalized spacial score (nSPS) is 16.9. The number of nitrogens with zero attached hydrogens (tertiary/aromatic N) is 2. The lowest BCUT2D eigenvalue weighted by Gasteiger charge is -2.16. The molecule has 2 N–H and O–H groups in total. The number of thiol groups is 1. The summed E-state index contributed by atoms with van der Waals surface area (Å²) < 4.78 is 42.9. The summed E-state index contributed by atoms with van der Waals surface area (Å²) in [6, 6.07) is 6.80. The monoisotopic (exact) mass is 444 g/mol. The van der Waals surface area contributed by atoms with Crippen molar-refractivity contribution in [2.24, 2.45) is 5.92 Å². The van der Waals surface area contributed by atoms with Crippen LogP contribution in [0.4, 0.5) is 19.0 Å². The van der Waals surface area contributed by atoms with Gasteiger partial charge in [0.25, 0.3) is 0 Å². The van der Waals surface area contributed by atoms with Gasteiger partial charge in [0.15, 0.2) is 0 Å². The summed E-state index contributed by atoms with van der Waals surface area (Å²) in [5.74, 6) is 0.831. The Hall–Kier alpha value is -3.20. The van der Waals surface area contributed by atoms with Crippen molar-refractivity contribution < 1.29 is 17.9 Å². The number of aromatic nitrogens is 3. The number of rotatable bonds is 6. The van der Waals surface area contributed by atoms with Crippen LogP contribution in [0.25, 0.3) is 22.2 Å². The molecule has 5 nitrogen and oxygen atoms in total. The molecule has 1 unspecified atom stereocenters. The number of aromatic amines is 1. The summed E-state index contributed by atoms with van der Waals surface area (Å²) in [5.41, 5.74) is 1.65. The largest absolute Gasteiger partial charge is 0.454 e. The first kappa shape index (κ1) is 21.0. The Morgan fingerprint density at radius 1 is 1.29 bits per heavy atom. The number of H-pyrrole nitrogens is 1. The highest BCUT2D eigenvalue weighted by atomic mass is 32.1. The summed E-state index contributed by atoms with van der Waals surface area (Å²) in [6.07, 6.45) is 4.71. The first-order chi connectivity index (χ1) is 14.7. The zero-order valence-corrected chi connectivity index (χ0v) is 17.3. The van der Waals surface area contributed by atoms with Crippen molar-refractivity contribution in [1.29, 1.82) is 0 Å². The summed E-state index contributed by atoms with van der Waals surface area (Å²) in [7, 11) is 0. The van der Waals surface area contributed by atoms with Crippen molar-refractivity contribution in [2.45, 2.75) is 18.5 Å². The Balaban J connectivity index is 1.55. The highest BCUT2D eigenvalue weighted by molar-refractivity contribution is 7.80. The predicted molar refractivity (Wildman–Crippen MR) is 118 cm³/mol. The number of pyridine rings is 2. The van der Waals surface area contributed by atoms with E-state index in [0.29, 0.717) is 23.0 Å². The van der Waals surface area contributed by atoms with Crippen molar-refractivity contribution in [3.05, 3.63) is 72.7 Å². The second-order valence-corrected chi connectivity index (χ2v) is 7.65. The van der Waals surface area contributed by atoms with E-state index in [1.165, 1.54) is 12.3 Å². The fraction of sp³-hybridized carbons (Fsp3) is 0.182. The van der Waals surface area contributed by atoms with Crippen LogP contribution in [0.1, 0.15) is 6.92 Å². The van der Waals surface area contributed by atoms with E-state index in [1.807, 2.05) is 18.2 Å². The number of nitrogens with one attached hydrogen (secondary N) is 2. The van der Waals surface area contributed by atoms with Gasteiger partial charge in [-0.2, -0.15) is 13.2 Å². The molecule has 0 amide bonds. The van der Waals surface area contributed by atoms with Gasteiger partial charge in [0.05, 0.1) is 5.52 Å². The van der Waals surface area contributed by atoms with Crippen molar-refractivity contribution in [3.8, 4) is 17.1 Å². The molecule has 0 fully saturated rings. The molecular formula is C22H19F3N4OS. The van der Waals surface area contributed by atoms with Gasteiger partial charge in [-0.05, 0) is 23.6 Å². The molecule has 9 heteroatoms. The van der Waals surface area contributed by atoms with Crippen molar-refractivity contribution >= 4 is 29.3 Å². The Morgan fingerprint density at radius 2 is 2.10 bits per heavy atom. The number of fused-ring (bicyclic) bond motifs is 1. The number of anilines is 1. The lowest BCUT2D eigenvalue weighted by atomic mass is 10.2. The molecule has 3 aromatic rings. The van der Waals surface area contributed by atoms with E-state index in [0.717, 1.165) is 22.2 Å². The molecule has 3 heterocycles. The first-order valence-electron chi connectivity index (χ1n) is 9.42. The molecule has 0 saturated heterocycles. The standard InChI is InChI=1S/C22H19F3N4OS/c1-12-3-4-14(7-12)13(2)28-19-10-18-16(11-27-19)8-17(29-18)15-5-6-26-20(9-15)30-21(31)22(23,24)25/h3-12,21,29,31H,2H2,1H3,(H,27,28)/t12?,21-/m0/s1. The zero-order valence-electron chi connectivity index (χ0n) is 16.4. The summed E-state index contributed by atoms with van der Waals surface area (Å²) in [4.78, 5) is 11.5. The van der Waals surface area contributed by atoms with Crippen LogP contribution in [0.2, 0.25) is 0 Å². The van der Waals surface area contributed by atoms with Crippen molar-refractivity contribution in [1.82, 2.24) is 15.0 Å². The van der Waals surface area contributed by atoms with Crippen LogP contribution in [-0.4, -0.2) is 26.6 Å². The maximum absolute atomic E-state index is 12.7. The smallest absolute Gasteiger partial charge is 0.435 e. The Labute approximate surface area is 182 Å². The van der Waals surface area contributed by atoms with E-state index in [9.17, 15) is 13.2 Å². The summed E-state index contributed by atoms with van der Waals surface area (Å²) in [5, 5.41) is 4.05. The average molecular weight is 444 g/mol. The van der Waals surface area contributed by atoms with Crippen LogP contribution in [0.15, 0.2) is 72.7 Å². The molecule has 0 aromatic carbocycles. The van der Waals surface area contributed by atoms with E-state index in [-0.39, 0.29) is 5.88 Å². The number of alkyl halides is 3. The molecule has 0 radical (unpaired) electrons. The van der Waals surface area contributed by atoms with Crippen molar-refractivity contribution in [2.75, 3.05) is 5.32 Å². The van der Waals surface area contributed by atoms with Gasteiger partial charge in [0.1, 0.15) is 5.82 Å². The number of halogens is 3. The lowest BCUT2D eigenvalue weighted by molar-refractivity contribution is -0.166. The van der Waals surface area contributed by atoms with E-state index < -0.39 is 11.6 Å². The molecule has 3 aromatic heterocycles. The molecule has 0 saturated carbocycles. The number of ether oxygens (including phenoxy) is 1. The van der Waals surface area contributed by atoms with Crippen LogP contribution in [-0.2, 0) is 0 Å². The second-order valence-electron chi connectivity index (χ2n) is 7.18. The number of hydrogen-bond donors (Lipinski definition) is 3. The molecular weight excluding hydrogens is 425 g/mol. The van der Waals surface area contributed by atoms with Crippen molar-refractivity contribution in [3.63, 3.8) is 0 Å². The fourth-order valence-corrected chi connectivity index (χ4v) is 3.26. The Morgan fingerprint density at radius 3 is 2.81 bits per heavy atom. The van der Waals surface area contributed by atoms with Gasteiger partial charge in [-0.3, -0.25) is 0 Å². The molecule has 1 aliphatic rings. The Bertz CT molecular complexity index is 1200. The third-order valence-electron chi connectivity index (χ3n) is 4.71. The molecule has 160 valence electrons. The van der Waals surface area contributed by atoms with Crippen LogP contribution in [0, 0.1) is 5.92 Å². The van der Waals surface area contributed by atoms with Gasteiger partial charge in [-0.15, -0.1) is 12.6 Å². The van der Waals surface area contributed by atoms with Gasteiger partial charge in [-0.1, -0.05) is 31.7 Å². The highest BCUT2D eigenvalue weighted by Crippen LogP contribution is 2.30. The Kier molecular flexibility index (Phi) is 5.53. The van der Waals surface area contributed by atoms with Gasteiger partial charge in [-0.25, -0.2) is 9.97 Å². The first-order valence-corrected chi connectivity index (χ1v) is 9.93. The van der Waals surface area contributed by atoms with Gasteiger partial charge < -0.3 is 15.0 Å². The molecule has 0 aliphatic heterocycles. The number of hydrogen-bond acceptors (Lipinski definition) is 5. The maximum Gasteiger partial charge on any atom is 0.435 e. The second kappa shape index (κ2) is 8.14. The minimum Gasteiger partial charge on any atom is -0.454 e. The maximum atomic E-state index is 12.7. The van der Waals surface area contributed by atoms with E-state index in [4.69, 9.17) is 4.74 Å². The summed E-state index contributed by atoms with van der Waals surface area (Å²) >= 11 is 3.43. The quantitative estimate of drug-likeness (QED) is 0.328. The van der Waals surface area contributed by atoms with Gasteiger partial charge in [0.2, 0.25) is 11.3 Å². The molecule has 0 spiro atoms. The molecule has 4 rings (SSSR count). The molecule has 0 bridgehead atoms. The van der Waals surface area contributed by atoms with Gasteiger partial charge >= 0.3 is 6.18 Å². The summed E-state index contributed by atoms with van der Waals surface area (Å²) in [6.45, 7) is 6.16. The van der Waals surface area contributed by atoms with E-state index >= 15 is 0 Å². The zero-order chi connectivity index (χ0) is 22.2. The lowest BCUT2D eigenvalue weighted by Crippen LogP contribution is -2.29. The predicted octanol–water partition coefficient (Wildman–Crippen LogP) is 5.88. The number of allylic oxidation sites excluding steroid dienone is 3. The van der Waals surface area contributed by atoms with Crippen LogP contribution in [0.5, 0.6) is 5.88 Å². The third kappa shape index (κ3) is 4.77. The van der Waals surface area contributed by atoms with Crippen LogP contribution < -0.4 is 10.1 Å². The van der Waals surface area contributed by atoms with E-state index in [2.05, 4.69) is 58.6 Å². The van der Waals surface area contributed by atoms with Gasteiger partial charge in [0, 0.05) is 46.9 Å². The fourth-order valence-electron chi connectivity index (χ4n) is 3.15. The average Bonchev–Trinajstić information content (AvgIpc) is 3.33. The highest BCUT2D eigenvalue weighted by Gasteiger charge is 2.39. The molecule has 1 aliphatic carbocycles. The van der Waals surface area contributed by atoms with E-state index in [1.54, 1.807) is 12.3 Å². The molecule has 31 heavy (non-hydrogen) atoms. The molecule has 2 atom stereocenters. The third-order valence-corrected chi connectivity index (χ3v) is 5.11. The van der Waals surface area contributed by atoms with Crippen LogP contribution >= 0.6 is 12.6 Å². The minimum atomic E-state index is -4.59. The topological polar surface area (TPSA) is 62.8 Å².